The normalized spacial score (nSPS) is 21.3. The van der Waals surface area contributed by atoms with Gasteiger partial charge in [-0.15, -0.1) is 0 Å². The maximum absolute atomic E-state index is 12.8. The molecule has 0 aliphatic carbocycles. The van der Waals surface area contributed by atoms with E-state index in [0.717, 1.165) is 18.7 Å². The van der Waals surface area contributed by atoms with E-state index in [4.69, 9.17) is 4.74 Å². The Morgan fingerprint density at radius 1 is 0.893 bits per heavy atom. The zero-order valence-electron chi connectivity index (χ0n) is 16.1. The third-order valence-corrected chi connectivity index (χ3v) is 5.95. The molecule has 0 atom stereocenters. The van der Waals surface area contributed by atoms with Gasteiger partial charge in [-0.1, -0.05) is 0 Å². The van der Waals surface area contributed by atoms with Gasteiger partial charge in [-0.25, -0.2) is 0 Å². The number of rotatable bonds is 3. The highest BCUT2D eigenvalue weighted by Gasteiger charge is 2.31. The summed E-state index contributed by atoms with van der Waals surface area (Å²) in [5.74, 6) is 0.350. The third-order valence-electron chi connectivity index (χ3n) is 5.95. The number of ether oxygens (including phenoxy) is 1. The molecule has 0 saturated carbocycles. The highest BCUT2D eigenvalue weighted by Crippen LogP contribution is 2.24. The molecule has 3 amide bonds. The summed E-state index contributed by atoms with van der Waals surface area (Å²) in [5.41, 5.74) is 1.49. The van der Waals surface area contributed by atoms with E-state index >= 15 is 0 Å². The second-order valence-electron chi connectivity index (χ2n) is 7.70. The van der Waals surface area contributed by atoms with Crippen LogP contribution in [0.5, 0.6) is 0 Å². The van der Waals surface area contributed by atoms with Crippen molar-refractivity contribution >= 4 is 23.4 Å². The fraction of sp³-hybridized carbons (Fsp3) is 0.571. The predicted molar refractivity (Wildman–Crippen MR) is 104 cm³/mol. The lowest BCUT2D eigenvalue weighted by Gasteiger charge is -2.35. The summed E-state index contributed by atoms with van der Waals surface area (Å²) in [6.07, 6.45) is 2.90. The number of piperidine rings is 1. The fourth-order valence-corrected chi connectivity index (χ4v) is 4.26. The molecule has 0 radical (unpaired) electrons. The van der Waals surface area contributed by atoms with Crippen molar-refractivity contribution in [3.05, 3.63) is 29.8 Å². The molecule has 1 aromatic carbocycles. The average Bonchev–Trinajstić information content (AvgIpc) is 3.19. The molecule has 7 heteroatoms. The van der Waals surface area contributed by atoms with E-state index in [2.05, 4.69) is 0 Å². The van der Waals surface area contributed by atoms with Crippen molar-refractivity contribution in [2.75, 3.05) is 50.8 Å². The molecule has 0 N–H and O–H groups in total. The molecule has 3 heterocycles. The molecule has 3 fully saturated rings. The number of carbonyl (C=O) groups is 3. The van der Waals surface area contributed by atoms with E-state index in [9.17, 15) is 14.4 Å². The van der Waals surface area contributed by atoms with Gasteiger partial charge in [0, 0.05) is 56.3 Å². The lowest BCUT2D eigenvalue weighted by molar-refractivity contribution is -0.141. The van der Waals surface area contributed by atoms with Crippen LogP contribution in [0.2, 0.25) is 0 Å². The molecular weight excluding hydrogens is 358 g/mol. The number of anilines is 1. The van der Waals surface area contributed by atoms with Gasteiger partial charge in [-0.2, -0.15) is 0 Å². The molecule has 4 rings (SSSR count). The molecule has 150 valence electrons. The lowest BCUT2D eigenvalue weighted by Crippen LogP contribution is -2.47. The largest absolute Gasteiger partial charge is 0.378 e. The van der Waals surface area contributed by atoms with E-state index in [0.29, 0.717) is 64.2 Å². The molecule has 3 aliphatic heterocycles. The zero-order chi connectivity index (χ0) is 19.5. The maximum Gasteiger partial charge on any atom is 0.253 e. The summed E-state index contributed by atoms with van der Waals surface area (Å²) >= 11 is 0. The number of amides is 3. The average molecular weight is 385 g/mol. The first-order valence-corrected chi connectivity index (χ1v) is 10.2. The molecule has 0 bridgehead atoms. The Balaban J connectivity index is 1.32. The summed E-state index contributed by atoms with van der Waals surface area (Å²) in [5, 5.41) is 0. The van der Waals surface area contributed by atoms with Gasteiger partial charge in [0.2, 0.25) is 11.8 Å². The lowest BCUT2D eigenvalue weighted by atomic mass is 9.94. The van der Waals surface area contributed by atoms with Crippen molar-refractivity contribution in [1.82, 2.24) is 9.80 Å². The first kappa shape index (κ1) is 18.9. The van der Waals surface area contributed by atoms with E-state index in [-0.39, 0.29) is 23.6 Å². The van der Waals surface area contributed by atoms with Crippen molar-refractivity contribution in [2.45, 2.75) is 25.7 Å². The van der Waals surface area contributed by atoms with Gasteiger partial charge in [0.25, 0.3) is 5.91 Å². The second-order valence-corrected chi connectivity index (χ2v) is 7.70. The van der Waals surface area contributed by atoms with Gasteiger partial charge >= 0.3 is 0 Å². The minimum Gasteiger partial charge on any atom is -0.378 e. The number of morpholine rings is 1. The Labute approximate surface area is 165 Å². The summed E-state index contributed by atoms with van der Waals surface area (Å²) in [4.78, 5) is 42.8. The molecule has 0 unspecified atom stereocenters. The second kappa shape index (κ2) is 8.31. The van der Waals surface area contributed by atoms with Gasteiger partial charge in [0.1, 0.15) is 0 Å². The van der Waals surface area contributed by atoms with Crippen molar-refractivity contribution in [1.29, 1.82) is 0 Å². The molecule has 0 spiro atoms. The summed E-state index contributed by atoms with van der Waals surface area (Å²) < 4.78 is 5.31. The first-order chi connectivity index (χ1) is 13.6. The van der Waals surface area contributed by atoms with Crippen LogP contribution in [0.3, 0.4) is 0 Å². The van der Waals surface area contributed by atoms with E-state index in [1.807, 2.05) is 21.9 Å². The van der Waals surface area contributed by atoms with Crippen LogP contribution in [0.25, 0.3) is 0 Å². The number of hydrogen-bond acceptors (Lipinski definition) is 4. The molecule has 3 saturated heterocycles. The van der Waals surface area contributed by atoms with Crippen LogP contribution in [-0.2, 0) is 14.3 Å². The minimum atomic E-state index is -0.00318. The van der Waals surface area contributed by atoms with Crippen LogP contribution < -0.4 is 4.90 Å². The smallest absolute Gasteiger partial charge is 0.253 e. The number of benzene rings is 1. The van der Waals surface area contributed by atoms with Crippen molar-refractivity contribution < 1.29 is 19.1 Å². The van der Waals surface area contributed by atoms with Gasteiger partial charge in [-0.3, -0.25) is 14.4 Å². The van der Waals surface area contributed by atoms with Gasteiger partial charge in [-0.05, 0) is 43.5 Å². The monoisotopic (exact) mass is 385 g/mol. The topological polar surface area (TPSA) is 70.2 Å². The van der Waals surface area contributed by atoms with Crippen LogP contribution >= 0.6 is 0 Å². The van der Waals surface area contributed by atoms with Crippen molar-refractivity contribution in [2.24, 2.45) is 5.92 Å². The van der Waals surface area contributed by atoms with E-state index in [1.54, 1.807) is 17.0 Å². The third kappa shape index (κ3) is 3.90. The van der Waals surface area contributed by atoms with Crippen LogP contribution in [0.15, 0.2) is 24.3 Å². The fourth-order valence-electron chi connectivity index (χ4n) is 4.26. The molecule has 3 aliphatic rings. The van der Waals surface area contributed by atoms with Crippen LogP contribution in [0.1, 0.15) is 36.0 Å². The molecule has 28 heavy (non-hydrogen) atoms. The van der Waals surface area contributed by atoms with Crippen LogP contribution in [0, 0.1) is 5.92 Å². The Morgan fingerprint density at radius 3 is 2.18 bits per heavy atom. The summed E-state index contributed by atoms with van der Waals surface area (Å²) in [7, 11) is 0. The van der Waals surface area contributed by atoms with E-state index < -0.39 is 0 Å². The Bertz CT molecular complexity index is 735. The molecule has 0 aromatic heterocycles. The Morgan fingerprint density at radius 2 is 1.57 bits per heavy atom. The Hall–Kier alpha value is -2.41. The summed E-state index contributed by atoms with van der Waals surface area (Å²) in [6, 6.07) is 7.30. The highest BCUT2D eigenvalue weighted by molar-refractivity contribution is 5.97. The maximum atomic E-state index is 12.8. The first-order valence-electron chi connectivity index (χ1n) is 10.2. The predicted octanol–water partition coefficient (Wildman–Crippen LogP) is 1.52. The van der Waals surface area contributed by atoms with E-state index in [1.165, 1.54) is 0 Å². The number of carbonyl (C=O) groups excluding carboxylic acids is 3. The van der Waals surface area contributed by atoms with Gasteiger partial charge in [0.15, 0.2) is 0 Å². The molecule has 7 nitrogen and oxygen atoms in total. The quantitative estimate of drug-likeness (QED) is 0.791. The van der Waals surface area contributed by atoms with Crippen molar-refractivity contribution in [3.8, 4) is 0 Å². The van der Waals surface area contributed by atoms with Gasteiger partial charge < -0.3 is 19.4 Å². The number of likely N-dealkylation sites (tertiary alicyclic amines) is 1. The molecule has 1 aromatic rings. The Kier molecular flexibility index (Phi) is 5.62. The zero-order valence-corrected chi connectivity index (χ0v) is 16.1. The van der Waals surface area contributed by atoms with Crippen molar-refractivity contribution in [3.63, 3.8) is 0 Å². The SMILES string of the molecule is O=C(c1ccc(N2CCCC2=O)cc1)N1CCC(C(=O)N2CCOCC2)CC1. The molecular formula is C21H27N3O4. The van der Waals surface area contributed by atoms with Gasteiger partial charge in [0.05, 0.1) is 13.2 Å². The number of nitrogens with zero attached hydrogens (tertiary/aromatic N) is 3. The minimum absolute atomic E-state index is 0.00318. The standard InChI is InChI=1S/C21H27N3O4/c25-19-2-1-9-24(19)18-5-3-16(4-6-18)20(26)22-10-7-17(8-11-22)21(27)23-12-14-28-15-13-23/h3-6,17H,1-2,7-15H2. The van der Waals surface area contributed by atoms with Crippen LogP contribution in [0.4, 0.5) is 5.69 Å². The van der Waals surface area contributed by atoms with Crippen LogP contribution in [-0.4, -0.2) is 73.5 Å². The summed E-state index contributed by atoms with van der Waals surface area (Å²) in [6.45, 7) is 4.52. The number of hydrogen-bond donors (Lipinski definition) is 0. The highest BCUT2D eigenvalue weighted by atomic mass is 16.5.